The van der Waals surface area contributed by atoms with Crippen LogP contribution in [0.25, 0.3) is 0 Å². The summed E-state index contributed by atoms with van der Waals surface area (Å²) >= 11 is 0. The first-order valence-electron chi connectivity index (χ1n) is 4.90. The van der Waals surface area contributed by atoms with E-state index in [1.165, 1.54) is 12.1 Å². The highest BCUT2D eigenvalue weighted by Crippen LogP contribution is 2.23. The van der Waals surface area contributed by atoms with Crippen molar-refractivity contribution in [2.75, 3.05) is 6.61 Å². The average molecular weight is 225 g/mol. The lowest BCUT2D eigenvalue weighted by atomic mass is 10.1. The normalized spacial score (nSPS) is 11.2. The number of aryl methyl sites for hydroxylation is 1. The third-order valence-electron chi connectivity index (χ3n) is 1.95. The summed E-state index contributed by atoms with van der Waals surface area (Å²) in [7, 11) is 0. The molecule has 16 heavy (non-hydrogen) atoms. The number of nitro groups is 1. The van der Waals surface area contributed by atoms with Crippen molar-refractivity contribution in [1.29, 1.82) is 0 Å². The summed E-state index contributed by atoms with van der Waals surface area (Å²) in [5, 5.41) is 20.0. The van der Waals surface area contributed by atoms with E-state index in [1.807, 2.05) is 0 Å². The van der Waals surface area contributed by atoms with Gasteiger partial charge in [-0.3, -0.25) is 10.1 Å². The molecular formula is C11H15NO4. The van der Waals surface area contributed by atoms with Gasteiger partial charge in [-0.05, 0) is 32.4 Å². The van der Waals surface area contributed by atoms with Crippen LogP contribution in [0.4, 0.5) is 5.69 Å². The van der Waals surface area contributed by atoms with Crippen LogP contribution < -0.4 is 4.74 Å². The first-order valence-corrected chi connectivity index (χ1v) is 4.90. The van der Waals surface area contributed by atoms with E-state index in [0.29, 0.717) is 11.3 Å². The van der Waals surface area contributed by atoms with E-state index in [0.717, 1.165) is 0 Å². The third-order valence-corrected chi connectivity index (χ3v) is 1.95. The molecule has 0 bridgehead atoms. The molecule has 0 fully saturated rings. The van der Waals surface area contributed by atoms with Gasteiger partial charge in [0.1, 0.15) is 12.4 Å². The van der Waals surface area contributed by atoms with Gasteiger partial charge in [-0.25, -0.2) is 0 Å². The zero-order valence-corrected chi connectivity index (χ0v) is 9.56. The molecule has 0 aliphatic rings. The largest absolute Gasteiger partial charge is 0.490 e. The Morgan fingerprint density at radius 1 is 1.50 bits per heavy atom. The Hall–Kier alpha value is -1.62. The zero-order chi connectivity index (χ0) is 12.3. The first kappa shape index (κ1) is 12.4. The molecule has 0 spiro atoms. The van der Waals surface area contributed by atoms with E-state index in [2.05, 4.69) is 0 Å². The number of non-ortho nitro benzene ring substituents is 1. The van der Waals surface area contributed by atoms with Gasteiger partial charge in [0.05, 0.1) is 10.5 Å². The number of nitrogens with zero attached hydrogens (tertiary/aromatic N) is 1. The number of nitro benzene ring substituents is 1. The lowest BCUT2D eigenvalue weighted by Crippen LogP contribution is -2.28. The fourth-order valence-electron chi connectivity index (χ4n) is 1.16. The number of rotatable bonds is 4. The van der Waals surface area contributed by atoms with Gasteiger partial charge in [0.15, 0.2) is 0 Å². The Balaban J connectivity index is 2.80. The van der Waals surface area contributed by atoms with Crippen LogP contribution in [-0.4, -0.2) is 22.2 Å². The molecule has 88 valence electrons. The molecule has 0 saturated heterocycles. The van der Waals surface area contributed by atoms with Crippen molar-refractivity contribution >= 4 is 5.69 Å². The summed E-state index contributed by atoms with van der Waals surface area (Å²) in [4.78, 5) is 10.1. The summed E-state index contributed by atoms with van der Waals surface area (Å²) in [5.41, 5.74) is -0.208. The Bertz CT molecular complexity index is 395. The maximum absolute atomic E-state index is 10.5. The lowest BCUT2D eigenvalue weighted by molar-refractivity contribution is -0.384. The van der Waals surface area contributed by atoms with Gasteiger partial charge >= 0.3 is 0 Å². The van der Waals surface area contributed by atoms with E-state index in [-0.39, 0.29) is 12.3 Å². The van der Waals surface area contributed by atoms with Crippen LogP contribution >= 0.6 is 0 Å². The second-order valence-corrected chi connectivity index (χ2v) is 4.31. The van der Waals surface area contributed by atoms with Crippen molar-refractivity contribution in [1.82, 2.24) is 0 Å². The van der Waals surface area contributed by atoms with Crippen LogP contribution in [0.2, 0.25) is 0 Å². The fourth-order valence-corrected chi connectivity index (χ4v) is 1.16. The molecule has 0 heterocycles. The van der Waals surface area contributed by atoms with Gasteiger partial charge in [0.25, 0.3) is 5.69 Å². The molecular weight excluding hydrogens is 210 g/mol. The Morgan fingerprint density at radius 2 is 2.12 bits per heavy atom. The summed E-state index contributed by atoms with van der Waals surface area (Å²) in [6, 6.07) is 4.37. The lowest BCUT2D eigenvalue weighted by Gasteiger charge is -2.18. The summed E-state index contributed by atoms with van der Waals surface area (Å²) < 4.78 is 5.36. The number of benzene rings is 1. The highest BCUT2D eigenvalue weighted by atomic mass is 16.6. The molecule has 0 aromatic heterocycles. The Labute approximate surface area is 93.8 Å². The first-order chi connectivity index (χ1) is 7.29. The van der Waals surface area contributed by atoms with Crippen LogP contribution in [0.15, 0.2) is 18.2 Å². The van der Waals surface area contributed by atoms with Gasteiger partial charge in [-0.2, -0.15) is 0 Å². The highest BCUT2D eigenvalue weighted by Gasteiger charge is 2.15. The number of aliphatic hydroxyl groups is 1. The molecule has 0 atom stereocenters. The van der Waals surface area contributed by atoms with Gasteiger partial charge in [-0.1, -0.05) is 0 Å². The molecule has 0 radical (unpaired) electrons. The second kappa shape index (κ2) is 4.49. The SMILES string of the molecule is Cc1cc([N+](=O)[O-])ccc1OCC(C)(C)O. The highest BCUT2D eigenvalue weighted by molar-refractivity contribution is 5.42. The maximum atomic E-state index is 10.5. The smallest absolute Gasteiger partial charge is 0.269 e. The summed E-state index contributed by atoms with van der Waals surface area (Å²) in [6.07, 6.45) is 0. The van der Waals surface area contributed by atoms with Gasteiger partial charge < -0.3 is 9.84 Å². The van der Waals surface area contributed by atoms with Crippen molar-refractivity contribution in [3.8, 4) is 5.75 Å². The standard InChI is InChI=1S/C11H15NO4/c1-8-6-9(12(14)15)4-5-10(8)16-7-11(2,3)13/h4-6,13H,7H2,1-3H3. The Kier molecular flexibility index (Phi) is 3.49. The second-order valence-electron chi connectivity index (χ2n) is 4.31. The molecule has 0 saturated carbocycles. The van der Waals surface area contributed by atoms with Crippen molar-refractivity contribution in [2.24, 2.45) is 0 Å². The van der Waals surface area contributed by atoms with E-state index in [9.17, 15) is 15.2 Å². The minimum Gasteiger partial charge on any atom is -0.490 e. The molecule has 1 N–H and O–H groups in total. The van der Waals surface area contributed by atoms with Crippen LogP contribution in [0, 0.1) is 17.0 Å². The average Bonchev–Trinajstić information content (AvgIpc) is 2.14. The summed E-state index contributed by atoms with van der Waals surface area (Å²) in [5.74, 6) is 0.549. The molecule has 0 amide bonds. The third kappa shape index (κ3) is 3.51. The predicted molar refractivity (Wildman–Crippen MR) is 59.6 cm³/mol. The van der Waals surface area contributed by atoms with Crippen LogP contribution in [0.3, 0.4) is 0 Å². The molecule has 1 aromatic carbocycles. The fraction of sp³-hybridized carbons (Fsp3) is 0.455. The van der Waals surface area contributed by atoms with Crippen molar-refractivity contribution < 1.29 is 14.8 Å². The van der Waals surface area contributed by atoms with Gasteiger partial charge in [-0.15, -0.1) is 0 Å². The van der Waals surface area contributed by atoms with Crippen LogP contribution in [-0.2, 0) is 0 Å². The maximum Gasteiger partial charge on any atom is 0.269 e. The molecule has 0 aliphatic carbocycles. The monoisotopic (exact) mass is 225 g/mol. The molecule has 1 aromatic rings. The molecule has 5 heteroatoms. The van der Waals surface area contributed by atoms with Crippen LogP contribution in [0.1, 0.15) is 19.4 Å². The quantitative estimate of drug-likeness (QED) is 0.628. The molecule has 1 rings (SSSR count). The number of ether oxygens (including phenoxy) is 1. The predicted octanol–water partition coefficient (Wildman–Crippen LogP) is 2.05. The molecule has 0 aliphatic heterocycles. The van der Waals surface area contributed by atoms with E-state index < -0.39 is 10.5 Å². The van der Waals surface area contributed by atoms with Crippen LogP contribution in [0.5, 0.6) is 5.75 Å². The van der Waals surface area contributed by atoms with Gasteiger partial charge in [0.2, 0.25) is 0 Å². The minimum absolute atomic E-state index is 0.0353. The molecule has 0 unspecified atom stereocenters. The summed E-state index contributed by atoms with van der Waals surface area (Å²) in [6.45, 7) is 5.14. The van der Waals surface area contributed by atoms with Crippen molar-refractivity contribution in [3.05, 3.63) is 33.9 Å². The van der Waals surface area contributed by atoms with Gasteiger partial charge in [0, 0.05) is 12.1 Å². The van der Waals surface area contributed by atoms with Crippen molar-refractivity contribution in [3.63, 3.8) is 0 Å². The number of hydrogen-bond acceptors (Lipinski definition) is 4. The topological polar surface area (TPSA) is 72.6 Å². The van der Waals surface area contributed by atoms with E-state index >= 15 is 0 Å². The number of hydrogen-bond donors (Lipinski definition) is 1. The Morgan fingerprint density at radius 3 is 2.56 bits per heavy atom. The molecule has 5 nitrogen and oxygen atoms in total. The minimum atomic E-state index is -0.922. The van der Waals surface area contributed by atoms with E-state index in [4.69, 9.17) is 4.74 Å². The van der Waals surface area contributed by atoms with Crippen molar-refractivity contribution in [2.45, 2.75) is 26.4 Å². The zero-order valence-electron chi connectivity index (χ0n) is 9.56. The van der Waals surface area contributed by atoms with E-state index in [1.54, 1.807) is 26.8 Å².